The lowest BCUT2D eigenvalue weighted by Crippen LogP contribution is -2.48. The first-order valence-electron chi connectivity index (χ1n) is 6.97. The molecule has 1 aliphatic rings. The van der Waals surface area contributed by atoms with Crippen LogP contribution in [0.1, 0.15) is 10.4 Å². The number of halogens is 1. The van der Waals surface area contributed by atoms with Crippen molar-refractivity contribution >= 4 is 12.0 Å². The minimum Gasteiger partial charge on any atom is -0.367 e. The van der Waals surface area contributed by atoms with Crippen molar-refractivity contribution in [1.82, 2.24) is 9.80 Å². The summed E-state index contributed by atoms with van der Waals surface area (Å²) in [5.74, 6) is -0.309. The van der Waals surface area contributed by atoms with Crippen molar-refractivity contribution in [3.05, 3.63) is 29.6 Å². The summed E-state index contributed by atoms with van der Waals surface area (Å²) in [5.41, 5.74) is 0.985. The fourth-order valence-corrected chi connectivity index (χ4v) is 2.41. The van der Waals surface area contributed by atoms with Crippen LogP contribution in [0.5, 0.6) is 0 Å². The van der Waals surface area contributed by atoms with Crippen LogP contribution in [0, 0.1) is 5.82 Å². The number of nitrogens with zero attached hydrogens (tertiary/aromatic N) is 3. The molecule has 0 bridgehead atoms. The summed E-state index contributed by atoms with van der Waals surface area (Å²) in [6.07, 6.45) is 0.673. The first-order chi connectivity index (χ1) is 9.60. The smallest absolute Gasteiger partial charge is 0.150 e. The highest BCUT2D eigenvalue weighted by molar-refractivity contribution is 5.76. The number of aldehydes is 1. The van der Waals surface area contributed by atoms with Gasteiger partial charge in [0.25, 0.3) is 0 Å². The summed E-state index contributed by atoms with van der Waals surface area (Å²) in [6.45, 7) is 5.64. The fraction of sp³-hybridized carbons (Fsp3) is 0.533. The molecule has 0 amide bonds. The number of carbonyl (C=O) groups is 1. The summed E-state index contributed by atoms with van der Waals surface area (Å²) in [5, 5.41) is 0. The second-order valence-corrected chi connectivity index (χ2v) is 5.46. The van der Waals surface area contributed by atoms with Gasteiger partial charge in [0.05, 0.1) is 5.69 Å². The lowest BCUT2D eigenvalue weighted by Gasteiger charge is -2.36. The van der Waals surface area contributed by atoms with E-state index in [4.69, 9.17) is 0 Å². The van der Waals surface area contributed by atoms with Crippen molar-refractivity contribution in [2.75, 3.05) is 58.3 Å². The molecule has 0 spiro atoms. The second kappa shape index (κ2) is 6.81. The van der Waals surface area contributed by atoms with Crippen molar-refractivity contribution < 1.29 is 9.18 Å². The third-order valence-electron chi connectivity index (χ3n) is 3.68. The van der Waals surface area contributed by atoms with Gasteiger partial charge in [0, 0.05) is 44.8 Å². The van der Waals surface area contributed by atoms with Crippen molar-refractivity contribution in [2.24, 2.45) is 0 Å². The van der Waals surface area contributed by atoms with E-state index >= 15 is 0 Å². The maximum absolute atomic E-state index is 14.0. The quantitative estimate of drug-likeness (QED) is 0.760. The average molecular weight is 279 g/mol. The maximum atomic E-state index is 14.0. The first kappa shape index (κ1) is 14.9. The van der Waals surface area contributed by atoms with E-state index in [-0.39, 0.29) is 5.82 Å². The molecule has 0 N–H and O–H groups in total. The van der Waals surface area contributed by atoms with E-state index < -0.39 is 0 Å². The van der Waals surface area contributed by atoms with Gasteiger partial charge in [-0.1, -0.05) is 0 Å². The molecule has 5 heteroatoms. The molecule has 2 rings (SSSR count). The number of anilines is 1. The van der Waals surface area contributed by atoms with E-state index in [1.165, 1.54) is 6.07 Å². The van der Waals surface area contributed by atoms with Crippen LogP contribution < -0.4 is 4.90 Å². The Kier molecular flexibility index (Phi) is 5.09. The van der Waals surface area contributed by atoms with Crippen LogP contribution in [0.3, 0.4) is 0 Å². The van der Waals surface area contributed by atoms with E-state index in [0.29, 0.717) is 17.5 Å². The van der Waals surface area contributed by atoms with Gasteiger partial charge in [0.1, 0.15) is 12.1 Å². The summed E-state index contributed by atoms with van der Waals surface area (Å²) in [6, 6.07) is 4.68. The molecular weight excluding hydrogens is 257 g/mol. The molecule has 0 aliphatic carbocycles. The van der Waals surface area contributed by atoms with E-state index in [1.54, 1.807) is 12.1 Å². The Bertz CT molecular complexity index is 456. The number of piperazine rings is 1. The van der Waals surface area contributed by atoms with Crippen LogP contribution in [-0.4, -0.2) is 69.4 Å². The highest BCUT2D eigenvalue weighted by atomic mass is 19.1. The van der Waals surface area contributed by atoms with Gasteiger partial charge in [0.15, 0.2) is 0 Å². The van der Waals surface area contributed by atoms with Crippen LogP contribution in [0.25, 0.3) is 0 Å². The number of benzene rings is 1. The molecule has 1 saturated heterocycles. The first-order valence-corrected chi connectivity index (χ1v) is 6.97. The molecule has 0 saturated carbocycles. The SMILES string of the molecule is CN(C)CCN1CCN(c2ccc(C=O)cc2F)CC1. The van der Waals surface area contributed by atoms with Crippen LogP contribution in [0.4, 0.5) is 10.1 Å². The Labute approximate surface area is 119 Å². The Morgan fingerprint density at radius 3 is 2.50 bits per heavy atom. The van der Waals surface area contributed by atoms with Gasteiger partial charge >= 0.3 is 0 Å². The summed E-state index contributed by atoms with van der Waals surface area (Å²) in [7, 11) is 4.14. The summed E-state index contributed by atoms with van der Waals surface area (Å²) >= 11 is 0. The molecule has 0 unspecified atom stereocenters. The average Bonchev–Trinajstić information content (AvgIpc) is 2.45. The molecule has 0 radical (unpaired) electrons. The minimum atomic E-state index is -0.309. The van der Waals surface area contributed by atoms with Gasteiger partial charge in [-0.25, -0.2) is 4.39 Å². The molecule has 1 aromatic carbocycles. The lowest BCUT2D eigenvalue weighted by molar-refractivity contribution is 0.112. The molecule has 1 fully saturated rings. The number of hydrogen-bond donors (Lipinski definition) is 0. The molecule has 20 heavy (non-hydrogen) atoms. The number of hydrogen-bond acceptors (Lipinski definition) is 4. The predicted molar refractivity (Wildman–Crippen MR) is 79.0 cm³/mol. The largest absolute Gasteiger partial charge is 0.367 e. The van der Waals surface area contributed by atoms with Crippen LogP contribution in [-0.2, 0) is 0 Å². The van der Waals surface area contributed by atoms with Gasteiger partial charge in [-0.05, 0) is 32.3 Å². The number of rotatable bonds is 5. The van der Waals surface area contributed by atoms with Crippen molar-refractivity contribution in [1.29, 1.82) is 0 Å². The second-order valence-electron chi connectivity index (χ2n) is 5.46. The topological polar surface area (TPSA) is 26.8 Å². The molecule has 110 valence electrons. The van der Waals surface area contributed by atoms with Crippen LogP contribution in [0.2, 0.25) is 0 Å². The van der Waals surface area contributed by atoms with Gasteiger partial charge in [0.2, 0.25) is 0 Å². The lowest BCUT2D eigenvalue weighted by atomic mass is 10.2. The minimum absolute atomic E-state index is 0.309. The van der Waals surface area contributed by atoms with E-state index in [0.717, 1.165) is 39.3 Å². The zero-order valence-corrected chi connectivity index (χ0v) is 12.2. The Morgan fingerprint density at radius 1 is 1.25 bits per heavy atom. The van der Waals surface area contributed by atoms with Crippen LogP contribution >= 0.6 is 0 Å². The van der Waals surface area contributed by atoms with Gasteiger partial charge in [-0.3, -0.25) is 9.69 Å². The standard InChI is InChI=1S/C15H22FN3O/c1-17(2)5-6-18-7-9-19(10-8-18)15-4-3-13(12-20)11-14(15)16/h3-4,11-12H,5-10H2,1-2H3. The van der Waals surface area contributed by atoms with Crippen molar-refractivity contribution in [3.63, 3.8) is 0 Å². The van der Waals surface area contributed by atoms with E-state index in [2.05, 4.69) is 28.8 Å². The highest BCUT2D eigenvalue weighted by Crippen LogP contribution is 2.21. The molecule has 4 nitrogen and oxygen atoms in total. The predicted octanol–water partition coefficient (Wildman–Crippen LogP) is 1.32. The summed E-state index contributed by atoms with van der Waals surface area (Å²) < 4.78 is 14.0. The third kappa shape index (κ3) is 3.77. The number of carbonyl (C=O) groups excluding carboxylic acids is 1. The normalized spacial score (nSPS) is 16.7. The molecule has 0 aromatic heterocycles. The van der Waals surface area contributed by atoms with E-state index in [9.17, 15) is 9.18 Å². The Hall–Kier alpha value is -1.46. The zero-order valence-electron chi connectivity index (χ0n) is 12.2. The monoisotopic (exact) mass is 279 g/mol. The van der Waals surface area contributed by atoms with Gasteiger partial charge in [-0.15, -0.1) is 0 Å². The van der Waals surface area contributed by atoms with Crippen molar-refractivity contribution in [3.8, 4) is 0 Å². The van der Waals surface area contributed by atoms with Crippen LogP contribution in [0.15, 0.2) is 18.2 Å². The fourth-order valence-electron chi connectivity index (χ4n) is 2.41. The molecule has 0 atom stereocenters. The number of likely N-dealkylation sites (N-methyl/N-ethyl adjacent to an activating group) is 1. The highest BCUT2D eigenvalue weighted by Gasteiger charge is 2.19. The van der Waals surface area contributed by atoms with Gasteiger partial charge < -0.3 is 9.80 Å². The van der Waals surface area contributed by atoms with Gasteiger partial charge in [-0.2, -0.15) is 0 Å². The molecule has 1 heterocycles. The Morgan fingerprint density at radius 2 is 1.95 bits per heavy atom. The molecule has 1 aromatic rings. The molecule has 1 aliphatic heterocycles. The van der Waals surface area contributed by atoms with Crippen molar-refractivity contribution in [2.45, 2.75) is 0 Å². The molecular formula is C15H22FN3O. The zero-order chi connectivity index (χ0) is 14.5. The summed E-state index contributed by atoms with van der Waals surface area (Å²) in [4.78, 5) is 17.2. The maximum Gasteiger partial charge on any atom is 0.150 e. The Balaban J connectivity index is 1.92. The third-order valence-corrected chi connectivity index (χ3v) is 3.68. The van der Waals surface area contributed by atoms with E-state index in [1.807, 2.05) is 0 Å².